The van der Waals surface area contributed by atoms with E-state index < -0.39 is 23.3 Å². The minimum Gasteiger partial charge on any atom is -0.469 e. The van der Waals surface area contributed by atoms with Crippen LogP contribution in [0.25, 0.3) is 0 Å². The van der Waals surface area contributed by atoms with Crippen molar-refractivity contribution < 1.29 is 67.0 Å². The van der Waals surface area contributed by atoms with Crippen molar-refractivity contribution in [3.63, 3.8) is 0 Å². The lowest BCUT2D eigenvalue weighted by atomic mass is 9.83. The predicted octanol–water partition coefficient (Wildman–Crippen LogP) is 7.65. The molecule has 1 aliphatic rings. The molecule has 0 unspecified atom stereocenters. The van der Waals surface area contributed by atoms with Crippen molar-refractivity contribution in [2.75, 3.05) is 71.3 Å². The lowest BCUT2D eigenvalue weighted by Gasteiger charge is -2.35. The van der Waals surface area contributed by atoms with Crippen LogP contribution in [0.2, 0.25) is 0 Å². The molecule has 0 aliphatic carbocycles. The molecule has 1 fully saturated rings. The Morgan fingerprint density at radius 1 is 0.442 bits per heavy atom. The second kappa shape index (κ2) is 41.9. The lowest BCUT2D eigenvalue weighted by molar-refractivity contribution is -0.197. The number of hydroxylamine groups is 2. The van der Waals surface area contributed by atoms with Gasteiger partial charge in [0.25, 0.3) is 11.8 Å². The fourth-order valence-electron chi connectivity index (χ4n) is 6.83. The number of esters is 3. The van der Waals surface area contributed by atoms with Crippen LogP contribution in [-0.2, 0) is 67.0 Å². The van der Waals surface area contributed by atoms with Crippen LogP contribution in [0.3, 0.4) is 0 Å². The predicted molar refractivity (Wildman–Crippen MR) is 314 cm³/mol. The minimum atomic E-state index is -0.874. The Morgan fingerprint density at radius 2 is 0.805 bits per heavy atom. The van der Waals surface area contributed by atoms with Gasteiger partial charge in [-0.2, -0.15) is 0 Å². The molecule has 0 radical (unpaired) electrons. The summed E-state index contributed by atoms with van der Waals surface area (Å²) in [4.78, 5) is 129. The summed E-state index contributed by atoms with van der Waals surface area (Å²) in [5.41, 5.74) is -0.874. The standard InChI is InChI=1S/C49H84N6O14S6.C2H6/c1-46(2,22-18-42(62)66-7)73-70-33-11-28-50-37(57)15-25-49(26-16-38(58)52-31-34-71-74-47(3,4)23-19-43(63)67-8,27-17-39(59)53-32-35-72-75-48(5,6)24-20-44(64)68-9)54-29-10-12-36(56)51-30-21-45(65)69-55-40(60)13-14-41(55)61;1-2/h54H,10-35H2,1-9H3,(H,50,57)(H,51,56)(H,52,58)(H,53,59);1-2H3. The average molecular weight is 1200 g/mol. The molecule has 0 aromatic carbocycles. The van der Waals surface area contributed by atoms with Gasteiger partial charge in [-0.1, -0.05) is 78.6 Å². The van der Waals surface area contributed by atoms with Crippen molar-refractivity contribution in [2.45, 2.75) is 191 Å². The van der Waals surface area contributed by atoms with Gasteiger partial charge < -0.3 is 45.6 Å². The van der Waals surface area contributed by atoms with Gasteiger partial charge >= 0.3 is 23.9 Å². The van der Waals surface area contributed by atoms with Crippen molar-refractivity contribution in [3.8, 4) is 0 Å². The Morgan fingerprint density at radius 3 is 1.21 bits per heavy atom. The second-order valence-corrected chi connectivity index (χ2v) is 29.0. The SMILES string of the molecule is CC.COC(=O)CCC(C)(C)SSCCCNC(=O)CCC(CCC(=O)NCCSSC(C)(C)CCC(=O)OC)(CCC(=O)NCCSSC(C)(C)CCC(=O)OC)NCCCC(=O)NCCC(=O)ON1C(=O)CCC1=O. The van der Waals surface area contributed by atoms with E-state index in [0.717, 1.165) is 5.75 Å². The van der Waals surface area contributed by atoms with Crippen LogP contribution in [0, 0.1) is 0 Å². The molecule has 6 amide bonds. The van der Waals surface area contributed by atoms with E-state index in [2.05, 4.69) is 40.4 Å². The first-order valence-electron chi connectivity index (χ1n) is 26.4. The average Bonchev–Trinajstić information content (AvgIpc) is 3.71. The zero-order valence-corrected chi connectivity index (χ0v) is 52.4. The molecule has 444 valence electrons. The van der Waals surface area contributed by atoms with Crippen LogP contribution >= 0.6 is 64.8 Å². The third-order valence-corrected chi connectivity index (χ3v) is 21.6. The van der Waals surface area contributed by atoms with Crippen molar-refractivity contribution >= 4 is 124 Å². The zero-order valence-electron chi connectivity index (χ0n) is 47.5. The molecule has 0 bridgehead atoms. The van der Waals surface area contributed by atoms with Crippen LogP contribution in [0.15, 0.2) is 0 Å². The van der Waals surface area contributed by atoms with E-state index in [-0.39, 0.29) is 127 Å². The number of amides is 6. The maximum absolute atomic E-state index is 13.4. The number of hydrogen-bond acceptors (Lipinski definition) is 21. The zero-order chi connectivity index (χ0) is 58.3. The van der Waals surface area contributed by atoms with Gasteiger partial charge in [0, 0.05) is 121 Å². The van der Waals surface area contributed by atoms with E-state index in [1.807, 2.05) is 41.5 Å². The number of carbonyl (C=O) groups is 10. The largest absolute Gasteiger partial charge is 0.469 e. The van der Waals surface area contributed by atoms with Gasteiger partial charge in [-0.25, -0.2) is 4.79 Å². The van der Waals surface area contributed by atoms with Gasteiger partial charge in [0.1, 0.15) is 0 Å². The molecule has 0 spiro atoms. The van der Waals surface area contributed by atoms with E-state index in [9.17, 15) is 47.9 Å². The number of imide groups is 1. The summed E-state index contributed by atoms with van der Waals surface area (Å²) in [6.45, 7) is 17.8. The number of nitrogens with one attached hydrogen (secondary N) is 5. The first-order valence-corrected chi connectivity index (χ1v) is 33.3. The Hall–Kier alpha value is -3.04. The summed E-state index contributed by atoms with van der Waals surface area (Å²) in [6.07, 6.45) is 4.81. The summed E-state index contributed by atoms with van der Waals surface area (Å²) >= 11 is 0. The molecular weight excluding hydrogens is 1110 g/mol. The highest BCUT2D eigenvalue weighted by Crippen LogP contribution is 2.40. The number of carbonyl (C=O) groups excluding carboxylic acids is 10. The maximum atomic E-state index is 13.4. The van der Waals surface area contributed by atoms with Crippen molar-refractivity contribution in [2.24, 2.45) is 0 Å². The van der Waals surface area contributed by atoms with Crippen LogP contribution in [0.1, 0.15) is 171 Å². The number of methoxy groups -OCH3 is 3. The Bertz CT molecular complexity index is 1770. The molecule has 0 atom stereocenters. The minimum absolute atomic E-state index is 0.0349. The summed E-state index contributed by atoms with van der Waals surface area (Å²) < 4.78 is 13.8. The fraction of sp³-hybridized carbons (Fsp3) is 0.804. The van der Waals surface area contributed by atoms with E-state index in [1.165, 1.54) is 21.3 Å². The van der Waals surface area contributed by atoms with Gasteiger partial charge in [0.05, 0.1) is 27.8 Å². The van der Waals surface area contributed by atoms with Gasteiger partial charge in [0.15, 0.2) is 0 Å². The number of nitrogens with zero attached hydrogens (tertiary/aromatic N) is 1. The van der Waals surface area contributed by atoms with Crippen LogP contribution in [-0.4, -0.2) is 155 Å². The molecule has 1 rings (SSSR count). The molecule has 77 heavy (non-hydrogen) atoms. The van der Waals surface area contributed by atoms with Gasteiger partial charge in [-0.3, -0.25) is 43.2 Å². The second-order valence-electron chi connectivity index (χ2n) is 19.6. The van der Waals surface area contributed by atoms with Crippen LogP contribution in [0.4, 0.5) is 0 Å². The molecule has 1 saturated heterocycles. The number of ether oxygens (including phenoxy) is 3. The third kappa shape index (κ3) is 38.3. The van der Waals surface area contributed by atoms with E-state index >= 15 is 0 Å². The van der Waals surface area contributed by atoms with Crippen LogP contribution < -0.4 is 26.6 Å². The molecule has 1 heterocycles. The highest BCUT2D eigenvalue weighted by molar-refractivity contribution is 8.77. The van der Waals surface area contributed by atoms with E-state index in [4.69, 9.17) is 19.0 Å². The van der Waals surface area contributed by atoms with E-state index in [1.54, 1.807) is 64.8 Å². The molecule has 26 heteroatoms. The Kier molecular flexibility index (Phi) is 40.2. The summed E-state index contributed by atoms with van der Waals surface area (Å²) in [5.74, 6) is -1.73. The normalized spacial score (nSPS) is 12.7. The summed E-state index contributed by atoms with van der Waals surface area (Å²) in [5, 5.41) is 15.7. The lowest BCUT2D eigenvalue weighted by Crippen LogP contribution is -2.48. The number of hydrogen-bond donors (Lipinski definition) is 5. The third-order valence-electron chi connectivity index (χ3n) is 11.5. The monoisotopic (exact) mass is 1200 g/mol. The molecule has 0 aromatic rings. The van der Waals surface area contributed by atoms with E-state index in [0.29, 0.717) is 94.1 Å². The molecule has 0 saturated carbocycles. The first kappa shape index (κ1) is 74.0. The van der Waals surface area contributed by atoms with Gasteiger partial charge in [0.2, 0.25) is 23.6 Å². The topological polar surface area (TPSA) is 271 Å². The highest BCUT2D eigenvalue weighted by Gasteiger charge is 2.34. The molecule has 5 N–H and O–H groups in total. The first-order chi connectivity index (χ1) is 36.4. The Balaban J connectivity index is 0.0000285. The Labute approximate surface area is 481 Å². The quantitative estimate of drug-likeness (QED) is 0.0129. The molecule has 0 aromatic heterocycles. The highest BCUT2D eigenvalue weighted by atomic mass is 33.1. The summed E-state index contributed by atoms with van der Waals surface area (Å²) in [7, 11) is 13.9. The van der Waals surface area contributed by atoms with Crippen LogP contribution in [0.5, 0.6) is 0 Å². The van der Waals surface area contributed by atoms with Gasteiger partial charge in [-0.15, -0.1) is 5.06 Å². The van der Waals surface area contributed by atoms with Gasteiger partial charge in [-0.05, 0) is 99.5 Å². The smallest absolute Gasteiger partial charge is 0.334 e. The van der Waals surface area contributed by atoms with Crippen molar-refractivity contribution in [1.29, 1.82) is 0 Å². The molecule has 1 aliphatic heterocycles. The number of rotatable bonds is 43. The van der Waals surface area contributed by atoms with Crippen molar-refractivity contribution in [3.05, 3.63) is 0 Å². The summed E-state index contributed by atoms with van der Waals surface area (Å²) in [6, 6.07) is 0. The van der Waals surface area contributed by atoms with Crippen molar-refractivity contribution in [1.82, 2.24) is 31.6 Å². The molecule has 20 nitrogen and oxygen atoms in total. The maximum Gasteiger partial charge on any atom is 0.334 e. The molecular formula is C51H90N6O14S6. The fourth-order valence-corrected chi connectivity index (χ4v) is 14.5.